The minimum Gasteiger partial charge on any atom is -0.493 e. The van der Waals surface area contributed by atoms with E-state index in [9.17, 15) is 14.4 Å². The van der Waals surface area contributed by atoms with Crippen LogP contribution in [0.15, 0.2) is 17.0 Å². The molecule has 2 heterocycles. The monoisotopic (exact) mass is 434 g/mol. The molecular formula is C21H26N2O6S. The van der Waals surface area contributed by atoms with Crippen LogP contribution >= 0.6 is 11.8 Å². The molecule has 0 N–H and O–H groups in total. The minimum absolute atomic E-state index is 0.126. The van der Waals surface area contributed by atoms with Crippen LogP contribution in [0.3, 0.4) is 0 Å². The first-order chi connectivity index (χ1) is 14.4. The van der Waals surface area contributed by atoms with Gasteiger partial charge < -0.3 is 19.1 Å². The van der Waals surface area contributed by atoms with Crippen molar-refractivity contribution in [1.29, 1.82) is 0 Å². The largest absolute Gasteiger partial charge is 0.493 e. The number of benzene rings is 1. The average molecular weight is 435 g/mol. The third-order valence-electron chi connectivity index (χ3n) is 5.28. The Morgan fingerprint density at radius 3 is 2.37 bits per heavy atom. The number of imide groups is 1. The lowest BCUT2D eigenvalue weighted by atomic mass is 10.0. The summed E-state index contributed by atoms with van der Waals surface area (Å²) in [5.74, 6) is 0.648. The van der Waals surface area contributed by atoms with Crippen molar-refractivity contribution < 1.29 is 28.6 Å². The van der Waals surface area contributed by atoms with Crippen molar-refractivity contribution in [2.24, 2.45) is 0 Å². The van der Waals surface area contributed by atoms with E-state index in [0.717, 1.165) is 35.9 Å². The number of piperidine rings is 1. The third-order valence-corrected chi connectivity index (χ3v) is 6.18. The molecule has 8 nitrogen and oxygen atoms in total. The molecule has 0 bridgehead atoms. The van der Waals surface area contributed by atoms with Crippen LogP contribution < -0.4 is 14.2 Å². The van der Waals surface area contributed by atoms with E-state index in [-0.39, 0.29) is 23.4 Å². The van der Waals surface area contributed by atoms with Crippen LogP contribution in [0.4, 0.5) is 4.79 Å². The highest BCUT2D eigenvalue weighted by Crippen LogP contribution is 2.40. The molecule has 1 aromatic carbocycles. The lowest BCUT2D eigenvalue weighted by molar-refractivity contribution is -0.138. The summed E-state index contributed by atoms with van der Waals surface area (Å²) in [6.45, 7) is 2.42. The second-order valence-corrected chi connectivity index (χ2v) is 8.15. The fourth-order valence-electron chi connectivity index (χ4n) is 3.67. The van der Waals surface area contributed by atoms with Crippen LogP contribution in [0.25, 0.3) is 6.08 Å². The van der Waals surface area contributed by atoms with Gasteiger partial charge in [0.15, 0.2) is 11.5 Å². The maximum atomic E-state index is 12.8. The number of rotatable bonds is 6. The lowest BCUT2D eigenvalue weighted by Gasteiger charge is -2.34. The highest BCUT2D eigenvalue weighted by Gasteiger charge is 2.38. The van der Waals surface area contributed by atoms with Gasteiger partial charge in [-0.25, -0.2) is 0 Å². The molecular weight excluding hydrogens is 408 g/mol. The number of carbonyl (C=O) groups is 3. The van der Waals surface area contributed by atoms with E-state index in [4.69, 9.17) is 14.2 Å². The molecule has 1 atom stereocenters. The number of hydrogen-bond donors (Lipinski definition) is 0. The maximum absolute atomic E-state index is 12.8. The van der Waals surface area contributed by atoms with Gasteiger partial charge in [-0.05, 0) is 61.7 Å². The topological polar surface area (TPSA) is 85.4 Å². The number of likely N-dealkylation sites (tertiary alicyclic amines) is 1. The second-order valence-electron chi connectivity index (χ2n) is 7.16. The quantitative estimate of drug-likeness (QED) is 0.636. The summed E-state index contributed by atoms with van der Waals surface area (Å²) in [5.41, 5.74) is 0.617. The maximum Gasteiger partial charge on any atom is 0.294 e. The van der Waals surface area contributed by atoms with Gasteiger partial charge in [0.25, 0.3) is 11.1 Å². The molecule has 0 aliphatic carbocycles. The fraction of sp³-hybridized carbons (Fsp3) is 0.476. The second kappa shape index (κ2) is 9.42. The highest BCUT2D eigenvalue weighted by atomic mass is 32.2. The number of ether oxygens (including phenoxy) is 3. The fourth-order valence-corrected chi connectivity index (χ4v) is 4.51. The van der Waals surface area contributed by atoms with Gasteiger partial charge in [-0.15, -0.1) is 0 Å². The molecule has 9 heteroatoms. The van der Waals surface area contributed by atoms with Crippen molar-refractivity contribution in [3.8, 4) is 17.2 Å². The molecule has 0 spiro atoms. The molecule has 2 aliphatic rings. The summed E-state index contributed by atoms with van der Waals surface area (Å²) >= 11 is 0.818. The number of methoxy groups -OCH3 is 3. The summed E-state index contributed by atoms with van der Waals surface area (Å²) in [7, 11) is 4.51. The van der Waals surface area contributed by atoms with Gasteiger partial charge in [-0.2, -0.15) is 0 Å². The first-order valence-corrected chi connectivity index (χ1v) is 10.6. The number of nitrogens with zero attached hydrogens (tertiary/aromatic N) is 2. The number of hydrogen-bond acceptors (Lipinski definition) is 7. The van der Waals surface area contributed by atoms with Gasteiger partial charge in [0.2, 0.25) is 11.7 Å². The normalized spacial score (nSPS) is 20.7. The molecule has 2 aliphatic heterocycles. The SMILES string of the molecule is COc1cc(/C=C2\SC(=O)N(CC(=O)N3CCCC[C@H]3C)C2=O)cc(OC)c1OC. The van der Waals surface area contributed by atoms with E-state index >= 15 is 0 Å². The summed E-state index contributed by atoms with van der Waals surface area (Å²) in [6, 6.07) is 3.51. The zero-order valence-electron chi connectivity index (χ0n) is 17.6. The smallest absolute Gasteiger partial charge is 0.294 e. The average Bonchev–Trinajstić information content (AvgIpc) is 3.00. The molecule has 3 rings (SSSR count). The van der Waals surface area contributed by atoms with Gasteiger partial charge in [0, 0.05) is 12.6 Å². The highest BCUT2D eigenvalue weighted by molar-refractivity contribution is 8.18. The van der Waals surface area contributed by atoms with Gasteiger partial charge in [-0.3, -0.25) is 19.3 Å². The van der Waals surface area contributed by atoms with E-state index in [1.807, 2.05) is 6.92 Å². The molecule has 1 aromatic rings. The summed E-state index contributed by atoms with van der Waals surface area (Å²) in [6.07, 6.45) is 4.56. The molecule has 2 fully saturated rings. The Morgan fingerprint density at radius 2 is 1.80 bits per heavy atom. The summed E-state index contributed by atoms with van der Waals surface area (Å²) in [5, 5.41) is -0.447. The first-order valence-electron chi connectivity index (χ1n) is 9.74. The third kappa shape index (κ3) is 4.40. The number of carbonyl (C=O) groups excluding carboxylic acids is 3. The molecule has 0 unspecified atom stereocenters. The van der Waals surface area contributed by atoms with Crippen LogP contribution in [0.2, 0.25) is 0 Å². The number of amides is 3. The van der Waals surface area contributed by atoms with Crippen LogP contribution in [-0.2, 0) is 9.59 Å². The van der Waals surface area contributed by atoms with E-state index in [0.29, 0.717) is 29.4 Å². The van der Waals surface area contributed by atoms with Gasteiger partial charge >= 0.3 is 0 Å². The van der Waals surface area contributed by atoms with Crippen molar-refractivity contribution in [2.75, 3.05) is 34.4 Å². The molecule has 0 radical (unpaired) electrons. The molecule has 30 heavy (non-hydrogen) atoms. The predicted molar refractivity (Wildman–Crippen MR) is 114 cm³/mol. The Bertz CT molecular complexity index is 859. The molecule has 162 valence electrons. The number of thioether (sulfide) groups is 1. The van der Waals surface area contributed by atoms with Gasteiger partial charge in [-0.1, -0.05) is 0 Å². The Balaban J connectivity index is 1.80. The zero-order valence-corrected chi connectivity index (χ0v) is 18.4. The van der Waals surface area contributed by atoms with Crippen molar-refractivity contribution in [3.63, 3.8) is 0 Å². The Labute approximate surface area is 180 Å². The van der Waals surface area contributed by atoms with E-state index in [1.54, 1.807) is 23.1 Å². The van der Waals surface area contributed by atoms with Gasteiger partial charge in [0.1, 0.15) is 6.54 Å². The van der Waals surface area contributed by atoms with Crippen molar-refractivity contribution >= 4 is 34.9 Å². The van der Waals surface area contributed by atoms with Crippen molar-refractivity contribution in [3.05, 3.63) is 22.6 Å². The van der Waals surface area contributed by atoms with Crippen LogP contribution in [0.1, 0.15) is 31.7 Å². The lowest BCUT2D eigenvalue weighted by Crippen LogP contribution is -2.47. The minimum atomic E-state index is -0.475. The van der Waals surface area contributed by atoms with Gasteiger partial charge in [0.05, 0.1) is 26.2 Å². The zero-order chi connectivity index (χ0) is 21.8. The Morgan fingerprint density at radius 1 is 1.13 bits per heavy atom. The van der Waals surface area contributed by atoms with Crippen LogP contribution in [-0.4, -0.2) is 67.3 Å². The summed E-state index contributed by atoms with van der Waals surface area (Å²) in [4.78, 5) is 40.9. The predicted octanol–water partition coefficient (Wildman–Crippen LogP) is 3.15. The Hall–Kier alpha value is -2.68. The molecule has 3 amide bonds. The molecule has 2 saturated heterocycles. The van der Waals surface area contributed by atoms with Crippen molar-refractivity contribution in [2.45, 2.75) is 32.2 Å². The van der Waals surface area contributed by atoms with Crippen LogP contribution in [0.5, 0.6) is 17.2 Å². The van der Waals surface area contributed by atoms with E-state index in [2.05, 4.69) is 0 Å². The summed E-state index contributed by atoms with van der Waals surface area (Å²) < 4.78 is 16.0. The first kappa shape index (κ1) is 22.0. The van der Waals surface area contributed by atoms with Crippen molar-refractivity contribution in [1.82, 2.24) is 9.80 Å². The van der Waals surface area contributed by atoms with Crippen LogP contribution in [0, 0.1) is 0 Å². The molecule has 0 aromatic heterocycles. The standard InChI is InChI=1S/C21H26N2O6S/c1-13-7-5-6-8-22(13)18(24)12-23-20(25)17(30-21(23)26)11-14-9-15(27-2)19(29-4)16(10-14)28-3/h9-11,13H,5-8,12H2,1-4H3/b17-11-/t13-/m1/s1. The molecule has 0 saturated carbocycles. The van der Waals surface area contributed by atoms with E-state index in [1.165, 1.54) is 21.3 Å². The van der Waals surface area contributed by atoms with E-state index < -0.39 is 11.1 Å². The Kier molecular flexibility index (Phi) is 6.91.